The van der Waals surface area contributed by atoms with E-state index in [1.807, 2.05) is 26.8 Å². The third-order valence-electron chi connectivity index (χ3n) is 5.60. The fraction of sp³-hybridized carbons (Fsp3) is 0.769. The van der Waals surface area contributed by atoms with Crippen LogP contribution in [0.25, 0.3) is 0 Å². The van der Waals surface area contributed by atoms with Gasteiger partial charge in [0.1, 0.15) is 5.82 Å². The van der Waals surface area contributed by atoms with E-state index in [1.54, 1.807) is 12.1 Å². The Labute approximate surface area is 184 Å². The Morgan fingerprint density at radius 1 is 0.767 bits per heavy atom. The molecular formula is C26H45FO3. The second-order valence-corrected chi connectivity index (χ2v) is 8.03. The van der Waals surface area contributed by atoms with Crippen LogP contribution in [0.1, 0.15) is 97.5 Å². The van der Waals surface area contributed by atoms with E-state index in [9.17, 15) is 4.39 Å². The molecule has 0 heterocycles. The predicted molar refractivity (Wildman–Crippen MR) is 123 cm³/mol. The Morgan fingerprint density at radius 3 is 1.90 bits per heavy atom. The summed E-state index contributed by atoms with van der Waals surface area (Å²) in [6.45, 7) is 9.94. The molecule has 30 heavy (non-hydrogen) atoms. The number of aryl methyl sites for hydroxylation is 1. The summed E-state index contributed by atoms with van der Waals surface area (Å²) in [7, 11) is 0. The van der Waals surface area contributed by atoms with Crippen molar-refractivity contribution in [2.24, 2.45) is 5.92 Å². The first kappa shape index (κ1) is 27.1. The molecule has 4 heteroatoms. The van der Waals surface area contributed by atoms with Gasteiger partial charge in [0.05, 0.1) is 0 Å². The van der Waals surface area contributed by atoms with Gasteiger partial charge < -0.3 is 14.2 Å². The van der Waals surface area contributed by atoms with Crippen molar-refractivity contribution in [3.63, 3.8) is 0 Å². The number of hydrogen-bond donors (Lipinski definition) is 0. The maximum Gasteiger partial charge on any atom is 0.285 e. The number of benzene rings is 1. The third-order valence-corrected chi connectivity index (χ3v) is 5.60. The van der Waals surface area contributed by atoms with Crippen LogP contribution in [0.5, 0.6) is 0 Å². The van der Waals surface area contributed by atoms with E-state index in [0.29, 0.717) is 19.8 Å². The molecule has 0 aromatic heterocycles. The number of halogens is 1. The first-order valence-corrected chi connectivity index (χ1v) is 12.3. The van der Waals surface area contributed by atoms with Crippen molar-refractivity contribution in [2.75, 3.05) is 19.8 Å². The fourth-order valence-corrected chi connectivity index (χ4v) is 4.16. The molecule has 0 radical (unpaired) electrons. The van der Waals surface area contributed by atoms with Crippen molar-refractivity contribution in [2.45, 2.75) is 104 Å². The summed E-state index contributed by atoms with van der Waals surface area (Å²) in [5.41, 5.74) is 1.06. The number of unbranched alkanes of at least 4 members (excludes halogenated alkanes) is 6. The molecule has 1 atom stereocenters. The lowest BCUT2D eigenvalue weighted by molar-refractivity contribution is -0.403. The fourth-order valence-electron chi connectivity index (χ4n) is 4.16. The van der Waals surface area contributed by atoms with Gasteiger partial charge in [0, 0.05) is 25.7 Å². The summed E-state index contributed by atoms with van der Waals surface area (Å²) < 4.78 is 31.7. The van der Waals surface area contributed by atoms with Gasteiger partial charge in [-0.05, 0) is 64.2 Å². The lowest BCUT2D eigenvalue weighted by atomic mass is 9.91. The van der Waals surface area contributed by atoms with Gasteiger partial charge in [0.25, 0.3) is 5.97 Å². The molecular weight excluding hydrogens is 379 g/mol. The van der Waals surface area contributed by atoms with Crippen molar-refractivity contribution >= 4 is 0 Å². The summed E-state index contributed by atoms with van der Waals surface area (Å²) in [6.07, 6.45) is 12.6. The zero-order valence-electron chi connectivity index (χ0n) is 19.9. The van der Waals surface area contributed by atoms with E-state index >= 15 is 0 Å². The van der Waals surface area contributed by atoms with Crippen molar-refractivity contribution in [1.29, 1.82) is 0 Å². The van der Waals surface area contributed by atoms with Crippen LogP contribution in [0.2, 0.25) is 0 Å². The van der Waals surface area contributed by atoms with Crippen molar-refractivity contribution in [1.82, 2.24) is 0 Å². The molecule has 1 unspecified atom stereocenters. The Balaban J connectivity index is 2.68. The Hall–Kier alpha value is -0.970. The normalized spacial score (nSPS) is 13.0. The molecule has 0 aliphatic rings. The van der Waals surface area contributed by atoms with E-state index in [-0.39, 0.29) is 11.7 Å². The highest BCUT2D eigenvalue weighted by Gasteiger charge is 2.41. The lowest BCUT2D eigenvalue weighted by Gasteiger charge is -2.39. The monoisotopic (exact) mass is 424 g/mol. The van der Waals surface area contributed by atoms with Crippen LogP contribution in [0.4, 0.5) is 4.39 Å². The summed E-state index contributed by atoms with van der Waals surface area (Å²) in [5.74, 6) is -0.895. The van der Waals surface area contributed by atoms with Crippen LogP contribution in [0, 0.1) is 11.7 Å². The van der Waals surface area contributed by atoms with E-state index < -0.39 is 5.97 Å². The Bertz CT molecular complexity index is 518. The smallest absolute Gasteiger partial charge is 0.285 e. The maximum absolute atomic E-state index is 13.4. The third kappa shape index (κ3) is 10.4. The van der Waals surface area contributed by atoms with Crippen molar-refractivity contribution < 1.29 is 18.6 Å². The molecule has 1 rings (SSSR count). The van der Waals surface area contributed by atoms with Crippen LogP contribution in [0.15, 0.2) is 24.3 Å². The number of hydrogen-bond acceptors (Lipinski definition) is 3. The van der Waals surface area contributed by atoms with E-state index in [1.165, 1.54) is 44.6 Å². The second-order valence-electron chi connectivity index (χ2n) is 8.03. The second kappa shape index (κ2) is 16.7. The quantitative estimate of drug-likeness (QED) is 0.168. The van der Waals surface area contributed by atoms with Crippen LogP contribution in [-0.4, -0.2) is 25.8 Å². The average molecular weight is 425 g/mol. The first-order chi connectivity index (χ1) is 14.6. The molecule has 0 amide bonds. The van der Waals surface area contributed by atoms with E-state index in [2.05, 4.69) is 6.92 Å². The van der Waals surface area contributed by atoms with Gasteiger partial charge in [-0.1, -0.05) is 64.0 Å². The van der Waals surface area contributed by atoms with Gasteiger partial charge in [-0.25, -0.2) is 4.39 Å². The van der Waals surface area contributed by atoms with Crippen molar-refractivity contribution in [3.05, 3.63) is 35.6 Å². The number of rotatable bonds is 19. The molecule has 0 fully saturated rings. The lowest BCUT2D eigenvalue weighted by Crippen LogP contribution is -2.46. The largest absolute Gasteiger partial charge is 0.328 e. The first-order valence-electron chi connectivity index (χ1n) is 12.3. The molecule has 0 saturated heterocycles. The summed E-state index contributed by atoms with van der Waals surface area (Å²) in [6, 6.07) is 6.93. The topological polar surface area (TPSA) is 27.7 Å². The molecule has 0 N–H and O–H groups in total. The van der Waals surface area contributed by atoms with Crippen LogP contribution in [0.3, 0.4) is 0 Å². The molecule has 1 aromatic rings. The highest BCUT2D eigenvalue weighted by atomic mass is 19.1. The Morgan fingerprint density at radius 2 is 1.33 bits per heavy atom. The molecule has 3 nitrogen and oxygen atoms in total. The summed E-state index contributed by atoms with van der Waals surface area (Å²) in [5, 5.41) is 0. The molecule has 1 aromatic carbocycles. The van der Waals surface area contributed by atoms with Gasteiger partial charge in [-0.3, -0.25) is 0 Å². The molecule has 174 valence electrons. The minimum absolute atomic E-state index is 0.156. The highest BCUT2D eigenvalue weighted by molar-refractivity contribution is 5.16. The van der Waals surface area contributed by atoms with Crippen molar-refractivity contribution in [3.8, 4) is 0 Å². The minimum Gasteiger partial charge on any atom is -0.328 e. The Kier molecular flexibility index (Phi) is 15.1. The molecule has 0 bridgehead atoms. The SMILES string of the molecule is CCCCCCCCC(CCCCc1cccc(F)c1)C(OCC)(OCC)OCC. The predicted octanol–water partition coefficient (Wildman–Crippen LogP) is 7.67. The van der Waals surface area contributed by atoms with Gasteiger partial charge in [0.15, 0.2) is 0 Å². The van der Waals surface area contributed by atoms with Gasteiger partial charge in [0.2, 0.25) is 0 Å². The zero-order chi connectivity index (χ0) is 22.1. The summed E-state index contributed by atoms with van der Waals surface area (Å²) in [4.78, 5) is 0. The van der Waals surface area contributed by atoms with Gasteiger partial charge in [-0.2, -0.15) is 0 Å². The van der Waals surface area contributed by atoms with Gasteiger partial charge >= 0.3 is 0 Å². The van der Waals surface area contributed by atoms with Crippen LogP contribution in [-0.2, 0) is 20.6 Å². The summed E-state index contributed by atoms with van der Waals surface area (Å²) >= 11 is 0. The average Bonchev–Trinajstić information content (AvgIpc) is 2.72. The van der Waals surface area contributed by atoms with Crippen LogP contribution >= 0.6 is 0 Å². The zero-order valence-corrected chi connectivity index (χ0v) is 19.9. The molecule has 0 saturated carbocycles. The molecule has 0 aliphatic heterocycles. The molecule has 0 aliphatic carbocycles. The number of ether oxygens (including phenoxy) is 3. The van der Waals surface area contributed by atoms with Crippen LogP contribution < -0.4 is 0 Å². The van der Waals surface area contributed by atoms with E-state index in [0.717, 1.165) is 37.7 Å². The maximum atomic E-state index is 13.4. The minimum atomic E-state index is -0.944. The molecule has 0 spiro atoms. The standard InChI is InChI=1S/C26H45FO3/c1-5-9-10-11-12-13-19-24(26(28-6-2,29-7-3)30-8-4)20-15-14-17-23-18-16-21-25(27)22-23/h16,18,21-22,24H,5-15,17,19-20H2,1-4H3. The van der Waals surface area contributed by atoms with E-state index in [4.69, 9.17) is 14.2 Å². The highest BCUT2D eigenvalue weighted by Crippen LogP contribution is 2.34. The van der Waals surface area contributed by atoms with Gasteiger partial charge in [-0.15, -0.1) is 0 Å².